The minimum atomic E-state index is -4.81. The number of aliphatic carboxylic acids is 1. The lowest BCUT2D eigenvalue weighted by Crippen LogP contribution is -3.00. The Morgan fingerprint density at radius 3 is 1.70 bits per heavy atom. The lowest BCUT2D eigenvalue weighted by molar-refractivity contribution is -0.144. The molecule has 0 atom stereocenters. The molecule has 0 bridgehead atoms. The molecule has 10 heavy (non-hydrogen) atoms. The first-order valence-electron chi connectivity index (χ1n) is 1.85. The van der Waals surface area contributed by atoms with Crippen molar-refractivity contribution in [2.75, 3.05) is 0 Å². The van der Waals surface area contributed by atoms with Gasteiger partial charge in [0.2, 0.25) is 0 Å². The Balaban J connectivity index is 0. The highest BCUT2D eigenvalue weighted by Crippen LogP contribution is 2.23. The number of hydrogen-bond acceptors (Lipinski definition) is 1. The summed E-state index contributed by atoms with van der Waals surface area (Å²) in [5, 5.41) is 7.70. The van der Waals surface area contributed by atoms with Gasteiger partial charge < -0.3 is 17.5 Å². The van der Waals surface area contributed by atoms with Gasteiger partial charge in [-0.2, -0.15) is 13.2 Å². The van der Waals surface area contributed by atoms with E-state index in [1.54, 1.807) is 0 Å². The van der Waals surface area contributed by atoms with Crippen LogP contribution in [0.2, 0.25) is 0 Å². The minimum Gasteiger partial charge on any atom is -1.00 e. The Morgan fingerprint density at radius 2 is 1.70 bits per heavy atom. The van der Waals surface area contributed by atoms with Gasteiger partial charge in [0, 0.05) is 0 Å². The van der Waals surface area contributed by atoms with Gasteiger partial charge in [-0.1, -0.05) is 6.58 Å². The van der Waals surface area contributed by atoms with E-state index in [1.807, 2.05) is 0 Å². The summed E-state index contributed by atoms with van der Waals surface area (Å²) in [6.07, 6.45) is -4.81. The maximum absolute atomic E-state index is 11.2. The fourth-order valence-corrected chi connectivity index (χ4v) is 0.121. The van der Waals surface area contributed by atoms with E-state index in [0.717, 1.165) is 0 Å². The second-order valence-corrected chi connectivity index (χ2v) is 1.28. The second kappa shape index (κ2) is 3.46. The van der Waals surface area contributed by atoms with Crippen LogP contribution >= 0.6 is 0 Å². The van der Waals surface area contributed by atoms with E-state index in [-0.39, 0.29) is 12.4 Å². The number of carboxylic acids is 1. The molecule has 1 N–H and O–H groups in total. The Kier molecular flexibility index (Phi) is 4.15. The zero-order chi connectivity index (χ0) is 7.65. The van der Waals surface area contributed by atoms with Crippen molar-refractivity contribution >= 4 is 5.97 Å². The zero-order valence-corrected chi connectivity index (χ0v) is 5.33. The van der Waals surface area contributed by atoms with E-state index < -0.39 is 17.7 Å². The van der Waals surface area contributed by atoms with Crippen molar-refractivity contribution in [2.45, 2.75) is 6.18 Å². The zero-order valence-electron chi connectivity index (χ0n) is 4.57. The topological polar surface area (TPSA) is 37.3 Å². The van der Waals surface area contributed by atoms with Crippen LogP contribution < -0.4 is 12.4 Å². The molecule has 0 aromatic rings. The van der Waals surface area contributed by atoms with Gasteiger partial charge in [-0.05, 0) is 0 Å². The molecule has 2 nitrogen and oxygen atoms in total. The van der Waals surface area contributed by atoms with Crippen LogP contribution in [-0.4, -0.2) is 17.3 Å². The third-order valence-corrected chi connectivity index (χ3v) is 0.600. The maximum Gasteiger partial charge on any atom is 0.422 e. The van der Waals surface area contributed by atoms with Crippen molar-refractivity contribution in [1.29, 1.82) is 0 Å². The van der Waals surface area contributed by atoms with Crippen LogP contribution in [0.5, 0.6) is 0 Å². The highest BCUT2D eigenvalue weighted by molar-refractivity contribution is 5.87. The molecular weight excluding hydrogens is 172 g/mol. The predicted octanol–water partition coefficient (Wildman–Crippen LogP) is -1.81. The number of alkyl halides is 3. The van der Waals surface area contributed by atoms with Gasteiger partial charge >= 0.3 is 12.1 Å². The summed E-state index contributed by atoms with van der Waals surface area (Å²) >= 11 is 0. The molecule has 0 aliphatic rings. The van der Waals surface area contributed by atoms with Crippen LogP contribution in [0.4, 0.5) is 13.2 Å². The van der Waals surface area contributed by atoms with Gasteiger partial charge in [-0.3, -0.25) is 0 Å². The van der Waals surface area contributed by atoms with Crippen LogP contribution in [-0.2, 0) is 4.79 Å². The van der Waals surface area contributed by atoms with Gasteiger partial charge in [0.05, 0.1) is 0 Å². The molecule has 0 aromatic carbocycles. The molecule has 6 heteroatoms. The number of rotatable bonds is 1. The largest absolute Gasteiger partial charge is 1.00 e. The van der Waals surface area contributed by atoms with E-state index in [9.17, 15) is 18.0 Å². The molecule has 0 saturated carbocycles. The Hall–Kier alpha value is -0.710. The first kappa shape index (κ1) is 12.0. The number of carboxylic acid groups (broad SMARTS) is 1. The highest BCUT2D eigenvalue weighted by Gasteiger charge is 2.36. The van der Waals surface area contributed by atoms with Crippen molar-refractivity contribution in [2.24, 2.45) is 0 Å². The van der Waals surface area contributed by atoms with E-state index in [4.69, 9.17) is 5.11 Å². The predicted molar refractivity (Wildman–Crippen MR) is 22.8 cm³/mol. The van der Waals surface area contributed by atoms with E-state index in [1.165, 1.54) is 0 Å². The molecule has 0 spiro atoms. The average Bonchev–Trinajstić information content (AvgIpc) is 1.62. The lowest BCUT2D eigenvalue weighted by atomic mass is 10.3. The summed E-state index contributed by atoms with van der Waals surface area (Å²) in [6.45, 7) is 2.30. The molecule has 0 aliphatic carbocycles. The van der Waals surface area contributed by atoms with Crippen LogP contribution in [0, 0.1) is 0 Å². The molecule has 0 amide bonds. The van der Waals surface area contributed by atoms with Gasteiger partial charge in [-0.25, -0.2) is 4.79 Å². The summed E-state index contributed by atoms with van der Waals surface area (Å²) in [5.41, 5.74) is -1.75. The minimum absolute atomic E-state index is 0. The van der Waals surface area contributed by atoms with Crippen molar-refractivity contribution in [1.82, 2.24) is 0 Å². The second-order valence-electron chi connectivity index (χ2n) is 1.28. The monoisotopic (exact) mass is 175 g/mol. The molecule has 60 valence electrons. The van der Waals surface area contributed by atoms with Gasteiger partial charge in [0.15, 0.2) is 0 Å². The molecular formula is C4H3ClF3O2-. The van der Waals surface area contributed by atoms with Crippen LogP contribution in [0.15, 0.2) is 12.2 Å². The van der Waals surface area contributed by atoms with Crippen LogP contribution in [0.25, 0.3) is 0 Å². The van der Waals surface area contributed by atoms with Crippen molar-refractivity contribution in [3.8, 4) is 0 Å². The molecule has 0 rings (SSSR count). The first-order valence-corrected chi connectivity index (χ1v) is 1.85. The molecule has 0 aliphatic heterocycles. The highest BCUT2D eigenvalue weighted by atomic mass is 35.5. The molecule has 0 unspecified atom stereocenters. The number of carbonyl (C=O) groups is 1. The first-order chi connectivity index (χ1) is 3.85. The fraction of sp³-hybridized carbons (Fsp3) is 0.250. The summed E-state index contributed by atoms with van der Waals surface area (Å²) < 4.78 is 33.7. The molecule has 0 radical (unpaired) electrons. The number of halogens is 4. The van der Waals surface area contributed by atoms with E-state index in [0.29, 0.717) is 0 Å². The Labute approximate surface area is 60.7 Å². The standard InChI is InChI=1S/C4H3F3O2.ClH/c1-2(3(8)9)4(5,6)7;/h1H2,(H,8,9);1H/p-1. The van der Waals surface area contributed by atoms with Gasteiger partial charge in [-0.15, -0.1) is 0 Å². The molecule has 0 aromatic heterocycles. The summed E-state index contributed by atoms with van der Waals surface area (Å²) in [5.74, 6) is -2.04. The summed E-state index contributed by atoms with van der Waals surface area (Å²) in [6, 6.07) is 0. The average molecular weight is 176 g/mol. The molecule has 0 saturated heterocycles. The van der Waals surface area contributed by atoms with Gasteiger partial charge in [0.25, 0.3) is 0 Å². The molecule has 0 fully saturated rings. The summed E-state index contributed by atoms with van der Waals surface area (Å²) in [4.78, 5) is 9.53. The van der Waals surface area contributed by atoms with E-state index in [2.05, 4.69) is 6.58 Å². The normalized spacial score (nSPS) is 9.90. The maximum atomic E-state index is 11.2. The van der Waals surface area contributed by atoms with Gasteiger partial charge in [0.1, 0.15) is 5.57 Å². The van der Waals surface area contributed by atoms with Crippen molar-refractivity contribution in [3.05, 3.63) is 12.2 Å². The Morgan fingerprint density at radius 1 is 1.40 bits per heavy atom. The fourth-order valence-electron chi connectivity index (χ4n) is 0.121. The SMILES string of the molecule is C=C(C(=O)O)C(F)(F)F.[Cl-]. The van der Waals surface area contributed by atoms with Crippen molar-refractivity contribution in [3.63, 3.8) is 0 Å². The third kappa shape index (κ3) is 3.34. The number of hydrogen-bond donors (Lipinski definition) is 1. The lowest BCUT2D eigenvalue weighted by Gasteiger charge is -2.02. The summed E-state index contributed by atoms with van der Waals surface area (Å²) in [7, 11) is 0. The van der Waals surface area contributed by atoms with E-state index >= 15 is 0 Å². The Bertz CT molecular complexity index is 151. The smallest absolute Gasteiger partial charge is 0.422 e. The molecule has 0 heterocycles. The van der Waals surface area contributed by atoms with Crippen molar-refractivity contribution < 1.29 is 35.5 Å². The third-order valence-electron chi connectivity index (χ3n) is 0.600. The quantitative estimate of drug-likeness (QED) is 0.477. The van der Waals surface area contributed by atoms with Crippen LogP contribution in [0.3, 0.4) is 0 Å². The van der Waals surface area contributed by atoms with Crippen LogP contribution in [0.1, 0.15) is 0 Å².